The zero-order valence-electron chi connectivity index (χ0n) is 7.47. The fourth-order valence-electron chi connectivity index (χ4n) is 0.893. The number of aliphatic imine (C=N–C) groups is 1. The van der Waals surface area contributed by atoms with Crippen LogP contribution in [0.15, 0.2) is 41.3 Å². The Morgan fingerprint density at radius 3 is 3.00 bits per heavy atom. The summed E-state index contributed by atoms with van der Waals surface area (Å²) in [6.07, 6.45) is 5.04. The summed E-state index contributed by atoms with van der Waals surface area (Å²) in [5.74, 6) is -0.414. The van der Waals surface area contributed by atoms with E-state index in [1.54, 1.807) is 19.1 Å². The number of halogens is 1. The van der Waals surface area contributed by atoms with Crippen molar-refractivity contribution >= 4 is 11.4 Å². The molecule has 1 heterocycles. The van der Waals surface area contributed by atoms with E-state index in [1.807, 2.05) is 0 Å². The van der Waals surface area contributed by atoms with E-state index in [2.05, 4.69) is 11.6 Å². The molecule has 0 saturated heterocycles. The Balaban J connectivity index is 3.02. The number of nitrogens with zero attached hydrogens (tertiary/aromatic N) is 1. The SMILES string of the molecule is C=C1CC=CC(C(C)=N)=N/C=C\1F. The maximum atomic E-state index is 13.0. The van der Waals surface area contributed by atoms with Crippen LogP contribution in [0.5, 0.6) is 0 Å². The van der Waals surface area contributed by atoms with E-state index in [0.717, 1.165) is 6.20 Å². The Kier molecular flexibility index (Phi) is 2.90. The fourth-order valence-corrected chi connectivity index (χ4v) is 0.893. The number of rotatable bonds is 1. The highest BCUT2D eigenvalue weighted by atomic mass is 19.1. The Labute approximate surface area is 76.7 Å². The number of hydrogen-bond donors (Lipinski definition) is 1. The van der Waals surface area contributed by atoms with Gasteiger partial charge in [0.05, 0.1) is 17.6 Å². The molecule has 0 bridgehead atoms. The number of nitrogens with one attached hydrogen (secondary N) is 1. The molecule has 1 aliphatic heterocycles. The predicted molar refractivity (Wildman–Crippen MR) is 52.9 cm³/mol. The molecular weight excluding hydrogens is 167 g/mol. The van der Waals surface area contributed by atoms with Gasteiger partial charge in [0.1, 0.15) is 5.83 Å². The van der Waals surface area contributed by atoms with Crippen LogP contribution in [0.3, 0.4) is 0 Å². The van der Waals surface area contributed by atoms with Crippen LogP contribution in [0.1, 0.15) is 13.3 Å². The highest BCUT2D eigenvalue weighted by molar-refractivity contribution is 6.44. The molecule has 1 rings (SSSR count). The van der Waals surface area contributed by atoms with Gasteiger partial charge in [0, 0.05) is 0 Å². The summed E-state index contributed by atoms with van der Waals surface area (Å²) in [5.41, 5.74) is 1.23. The molecule has 3 heteroatoms. The van der Waals surface area contributed by atoms with Gasteiger partial charge in [0.15, 0.2) is 0 Å². The first-order chi connectivity index (χ1) is 6.11. The van der Waals surface area contributed by atoms with Gasteiger partial charge in [-0.05, 0) is 25.0 Å². The lowest BCUT2D eigenvalue weighted by atomic mass is 10.1. The molecule has 0 amide bonds. The van der Waals surface area contributed by atoms with Gasteiger partial charge >= 0.3 is 0 Å². The lowest BCUT2D eigenvalue weighted by molar-refractivity contribution is 0.644. The monoisotopic (exact) mass is 178 g/mol. The average Bonchev–Trinajstić information content (AvgIpc) is 2.06. The summed E-state index contributed by atoms with van der Waals surface area (Å²) in [6.45, 7) is 5.17. The van der Waals surface area contributed by atoms with Gasteiger partial charge in [0.25, 0.3) is 0 Å². The average molecular weight is 178 g/mol. The third kappa shape index (κ3) is 2.47. The topological polar surface area (TPSA) is 36.2 Å². The van der Waals surface area contributed by atoms with Gasteiger partial charge in [-0.25, -0.2) is 4.39 Å². The number of hydrogen-bond acceptors (Lipinski definition) is 2. The molecular formula is C10H11FN2. The van der Waals surface area contributed by atoms with Gasteiger partial charge in [-0.1, -0.05) is 12.7 Å². The van der Waals surface area contributed by atoms with Crippen molar-refractivity contribution in [3.05, 3.63) is 36.3 Å². The maximum absolute atomic E-state index is 13.0. The second-order valence-electron chi connectivity index (χ2n) is 2.83. The van der Waals surface area contributed by atoms with Gasteiger partial charge in [0.2, 0.25) is 0 Å². The van der Waals surface area contributed by atoms with E-state index in [1.165, 1.54) is 0 Å². The molecule has 0 fully saturated rings. The molecule has 1 aliphatic rings. The highest BCUT2D eigenvalue weighted by Crippen LogP contribution is 2.15. The van der Waals surface area contributed by atoms with E-state index in [-0.39, 0.29) is 0 Å². The van der Waals surface area contributed by atoms with Gasteiger partial charge in [-0.3, -0.25) is 4.99 Å². The maximum Gasteiger partial charge on any atom is 0.144 e. The first kappa shape index (κ1) is 9.58. The Bertz CT molecular complexity index is 335. The van der Waals surface area contributed by atoms with Crippen LogP contribution in [0, 0.1) is 5.41 Å². The summed E-state index contributed by atoms with van der Waals surface area (Å²) in [7, 11) is 0. The quantitative estimate of drug-likeness (QED) is 0.599. The second-order valence-corrected chi connectivity index (χ2v) is 2.83. The van der Waals surface area contributed by atoms with Gasteiger partial charge in [-0.2, -0.15) is 0 Å². The lowest BCUT2D eigenvalue weighted by Crippen LogP contribution is -2.05. The molecule has 0 aromatic rings. The molecule has 0 aliphatic carbocycles. The molecule has 13 heavy (non-hydrogen) atoms. The van der Waals surface area contributed by atoms with Gasteiger partial charge < -0.3 is 5.41 Å². The Hall–Kier alpha value is -1.51. The molecule has 0 saturated carbocycles. The summed E-state index contributed by atoms with van der Waals surface area (Å²) in [4.78, 5) is 3.82. The molecule has 2 nitrogen and oxygen atoms in total. The minimum Gasteiger partial charge on any atom is -0.303 e. The standard InChI is InChI=1S/C10H11FN2/c1-7-4-3-5-10(8(2)12)13-6-9(7)11/h3,5-6,12H,1,4H2,2H3/b5-3?,9-6+,12-8?,13-10?. The van der Waals surface area contributed by atoms with Crippen LogP contribution in [0.2, 0.25) is 0 Å². The van der Waals surface area contributed by atoms with Crippen molar-refractivity contribution in [1.29, 1.82) is 5.41 Å². The van der Waals surface area contributed by atoms with Crippen molar-refractivity contribution in [2.24, 2.45) is 4.99 Å². The molecule has 0 spiro atoms. The van der Waals surface area contributed by atoms with Crippen LogP contribution in [0.4, 0.5) is 4.39 Å². The molecule has 0 radical (unpaired) electrons. The van der Waals surface area contributed by atoms with E-state index in [9.17, 15) is 4.39 Å². The second kappa shape index (κ2) is 3.94. The normalized spacial score (nSPS) is 21.2. The predicted octanol–water partition coefficient (Wildman–Crippen LogP) is 2.79. The summed E-state index contributed by atoms with van der Waals surface area (Å²) in [5, 5.41) is 7.32. The molecule has 0 aromatic carbocycles. The summed E-state index contributed by atoms with van der Waals surface area (Å²) in [6, 6.07) is 0. The minimum absolute atomic E-state index is 0.327. The van der Waals surface area contributed by atoms with Crippen LogP contribution in [-0.2, 0) is 0 Å². The Morgan fingerprint density at radius 2 is 2.38 bits per heavy atom. The van der Waals surface area contributed by atoms with E-state index in [0.29, 0.717) is 23.4 Å². The zero-order valence-corrected chi connectivity index (χ0v) is 7.47. The summed E-state index contributed by atoms with van der Waals surface area (Å²) < 4.78 is 13.0. The number of allylic oxidation sites excluding steroid dienone is 4. The molecule has 0 unspecified atom stereocenters. The smallest absolute Gasteiger partial charge is 0.144 e. The fraction of sp³-hybridized carbons (Fsp3) is 0.200. The molecule has 1 N–H and O–H groups in total. The first-order valence-corrected chi connectivity index (χ1v) is 3.95. The van der Waals surface area contributed by atoms with E-state index in [4.69, 9.17) is 5.41 Å². The third-order valence-electron chi connectivity index (χ3n) is 1.68. The van der Waals surface area contributed by atoms with E-state index >= 15 is 0 Å². The van der Waals surface area contributed by atoms with Crippen molar-refractivity contribution in [1.82, 2.24) is 0 Å². The van der Waals surface area contributed by atoms with Crippen molar-refractivity contribution in [2.45, 2.75) is 13.3 Å². The molecule has 68 valence electrons. The Morgan fingerprint density at radius 1 is 1.69 bits per heavy atom. The lowest BCUT2D eigenvalue weighted by Gasteiger charge is -2.02. The first-order valence-electron chi connectivity index (χ1n) is 3.95. The molecule has 0 atom stereocenters. The van der Waals surface area contributed by atoms with Crippen molar-refractivity contribution in [2.75, 3.05) is 0 Å². The van der Waals surface area contributed by atoms with Crippen LogP contribution < -0.4 is 0 Å². The summed E-state index contributed by atoms with van der Waals surface area (Å²) >= 11 is 0. The van der Waals surface area contributed by atoms with Crippen LogP contribution in [-0.4, -0.2) is 11.4 Å². The zero-order chi connectivity index (χ0) is 9.84. The highest BCUT2D eigenvalue weighted by Gasteiger charge is 2.03. The van der Waals surface area contributed by atoms with Crippen LogP contribution >= 0.6 is 0 Å². The van der Waals surface area contributed by atoms with Crippen molar-refractivity contribution < 1.29 is 4.39 Å². The molecule has 0 aromatic heterocycles. The minimum atomic E-state index is -0.414. The third-order valence-corrected chi connectivity index (χ3v) is 1.68. The van der Waals surface area contributed by atoms with E-state index < -0.39 is 5.83 Å². The largest absolute Gasteiger partial charge is 0.303 e. The van der Waals surface area contributed by atoms with Crippen molar-refractivity contribution in [3.63, 3.8) is 0 Å². The van der Waals surface area contributed by atoms with Crippen LogP contribution in [0.25, 0.3) is 0 Å². The van der Waals surface area contributed by atoms with Gasteiger partial charge in [-0.15, -0.1) is 0 Å². The van der Waals surface area contributed by atoms with Crippen molar-refractivity contribution in [3.8, 4) is 0 Å².